The molecule has 0 fully saturated rings. The lowest BCUT2D eigenvalue weighted by Gasteiger charge is -2.19. The van der Waals surface area contributed by atoms with E-state index >= 15 is 0 Å². The van der Waals surface area contributed by atoms with E-state index in [1.807, 2.05) is 6.92 Å². The number of nitrogens with zero attached hydrogens (tertiary/aromatic N) is 1. The number of anilines is 2. The predicted octanol–water partition coefficient (Wildman–Crippen LogP) is 1.42. The van der Waals surface area contributed by atoms with Gasteiger partial charge in [-0.3, -0.25) is 4.79 Å². The third-order valence-corrected chi connectivity index (χ3v) is 2.50. The van der Waals surface area contributed by atoms with Crippen LogP contribution < -0.4 is 11.1 Å². The fourth-order valence-corrected chi connectivity index (χ4v) is 1.67. The Morgan fingerprint density at radius 3 is 2.72 bits per heavy atom. The highest BCUT2D eigenvalue weighted by molar-refractivity contribution is 6.00. The van der Waals surface area contributed by atoms with E-state index in [9.17, 15) is 4.79 Å². The van der Waals surface area contributed by atoms with E-state index in [0.29, 0.717) is 17.9 Å². The van der Waals surface area contributed by atoms with E-state index in [4.69, 9.17) is 10.5 Å². The molecule has 1 aromatic carbocycles. The fraction of sp³-hybridized carbons (Fsp3) is 0.462. The van der Waals surface area contributed by atoms with Gasteiger partial charge >= 0.3 is 0 Å². The monoisotopic (exact) mass is 251 g/mol. The van der Waals surface area contributed by atoms with Crippen LogP contribution in [0.4, 0.5) is 11.4 Å². The van der Waals surface area contributed by atoms with Crippen molar-refractivity contribution in [2.75, 3.05) is 38.9 Å². The Bertz CT molecular complexity index is 419. The Morgan fingerprint density at radius 2 is 2.17 bits per heavy atom. The zero-order valence-corrected chi connectivity index (χ0v) is 11.4. The number of nitrogens with one attached hydrogen (secondary N) is 1. The standard InChI is InChI=1S/C13H21N3O2/c1-9(8-18-4)15-12-7-10(14)5-6-11(12)13(17)16(2)3/h5-7,9,15H,8,14H2,1-4H3. The van der Waals surface area contributed by atoms with Gasteiger partial charge in [-0.2, -0.15) is 0 Å². The molecule has 18 heavy (non-hydrogen) atoms. The van der Waals surface area contributed by atoms with Crippen LogP contribution in [0.15, 0.2) is 18.2 Å². The second-order valence-electron chi connectivity index (χ2n) is 4.51. The summed E-state index contributed by atoms with van der Waals surface area (Å²) in [5.74, 6) is -0.0536. The van der Waals surface area contributed by atoms with E-state index < -0.39 is 0 Å². The fourth-order valence-electron chi connectivity index (χ4n) is 1.67. The number of carbonyl (C=O) groups excluding carboxylic acids is 1. The molecule has 0 aliphatic carbocycles. The van der Waals surface area contributed by atoms with Crippen LogP contribution in [0.5, 0.6) is 0 Å². The molecule has 5 heteroatoms. The van der Waals surface area contributed by atoms with Crippen molar-refractivity contribution in [3.8, 4) is 0 Å². The van der Waals surface area contributed by atoms with E-state index in [-0.39, 0.29) is 11.9 Å². The van der Waals surface area contributed by atoms with Gasteiger partial charge in [-0.15, -0.1) is 0 Å². The molecule has 5 nitrogen and oxygen atoms in total. The molecule has 0 bridgehead atoms. The molecule has 1 rings (SSSR count). The van der Waals surface area contributed by atoms with Crippen molar-refractivity contribution in [3.05, 3.63) is 23.8 Å². The molecule has 0 aliphatic heterocycles. The van der Waals surface area contributed by atoms with Crippen LogP contribution in [-0.4, -0.2) is 44.7 Å². The van der Waals surface area contributed by atoms with Gasteiger partial charge in [0.2, 0.25) is 0 Å². The molecular formula is C13H21N3O2. The van der Waals surface area contributed by atoms with Crippen molar-refractivity contribution in [2.24, 2.45) is 0 Å². The number of carbonyl (C=O) groups is 1. The minimum absolute atomic E-state index is 0.0536. The van der Waals surface area contributed by atoms with Crippen LogP contribution in [0.3, 0.4) is 0 Å². The van der Waals surface area contributed by atoms with Crippen molar-refractivity contribution in [1.82, 2.24) is 4.90 Å². The third kappa shape index (κ3) is 3.63. The van der Waals surface area contributed by atoms with Crippen LogP contribution in [0.25, 0.3) is 0 Å². The number of methoxy groups -OCH3 is 1. The highest BCUT2D eigenvalue weighted by atomic mass is 16.5. The lowest BCUT2D eigenvalue weighted by molar-refractivity contribution is 0.0828. The maximum Gasteiger partial charge on any atom is 0.255 e. The Morgan fingerprint density at radius 1 is 1.50 bits per heavy atom. The lowest BCUT2D eigenvalue weighted by Crippen LogP contribution is -2.26. The van der Waals surface area contributed by atoms with Gasteiger partial charge in [-0.25, -0.2) is 0 Å². The Kier molecular flexibility index (Phi) is 4.97. The number of ether oxygens (including phenoxy) is 1. The Labute approximate surface area is 108 Å². The smallest absolute Gasteiger partial charge is 0.255 e. The van der Waals surface area contributed by atoms with Crippen LogP contribution in [0.2, 0.25) is 0 Å². The van der Waals surface area contributed by atoms with E-state index in [1.54, 1.807) is 39.4 Å². The predicted molar refractivity (Wildman–Crippen MR) is 73.8 cm³/mol. The summed E-state index contributed by atoms with van der Waals surface area (Å²) >= 11 is 0. The lowest BCUT2D eigenvalue weighted by atomic mass is 10.1. The molecule has 1 aromatic rings. The average molecular weight is 251 g/mol. The van der Waals surface area contributed by atoms with Gasteiger partial charge in [0.15, 0.2) is 0 Å². The zero-order valence-electron chi connectivity index (χ0n) is 11.4. The Hall–Kier alpha value is -1.75. The number of rotatable bonds is 5. The second-order valence-corrected chi connectivity index (χ2v) is 4.51. The number of amides is 1. The first-order valence-corrected chi connectivity index (χ1v) is 5.82. The van der Waals surface area contributed by atoms with Gasteiger partial charge in [0.25, 0.3) is 5.91 Å². The van der Waals surface area contributed by atoms with Crippen LogP contribution >= 0.6 is 0 Å². The summed E-state index contributed by atoms with van der Waals surface area (Å²) < 4.78 is 5.06. The number of hydrogen-bond donors (Lipinski definition) is 2. The summed E-state index contributed by atoms with van der Waals surface area (Å²) in [5, 5.41) is 3.24. The SMILES string of the molecule is COCC(C)Nc1cc(N)ccc1C(=O)N(C)C. The number of benzene rings is 1. The Balaban J connectivity index is 3.00. The van der Waals surface area contributed by atoms with Gasteiger partial charge in [-0.1, -0.05) is 0 Å². The van der Waals surface area contributed by atoms with Crippen LogP contribution in [0.1, 0.15) is 17.3 Å². The molecule has 0 spiro atoms. The molecule has 1 unspecified atom stereocenters. The minimum atomic E-state index is -0.0536. The minimum Gasteiger partial charge on any atom is -0.399 e. The normalized spacial score (nSPS) is 12.0. The van der Waals surface area contributed by atoms with Gasteiger partial charge in [0.05, 0.1) is 12.2 Å². The summed E-state index contributed by atoms with van der Waals surface area (Å²) in [5.41, 5.74) is 7.72. The number of hydrogen-bond acceptors (Lipinski definition) is 4. The number of nitrogen functional groups attached to an aromatic ring is 1. The largest absolute Gasteiger partial charge is 0.399 e. The number of nitrogens with two attached hydrogens (primary N) is 1. The maximum absolute atomic E-state index is 12.0. The second kappa shape index (κ2) is 6.26. The topological polar surface area (TPSA) is 67.6 Å². The molecule has 0 radical (unpaired) electrons. The molecule has 3 N–H and O–H groups in total. The van der Waals surface area contributed by atoms with Crippen LogP contribution in [0, 0.1) is 0 Å². The van der Waals surface area contributed by atoms with E-state index in [0.717, 1.165) is 5.69 Å². The molecule has 0 heterocycles. The van der Waals surface area contributed by atoms with Gasteiger partial charge < -0.3 is 20.7 Å². The summed E-state index contributed by atoms with van der Waals surface area (Å²) in [7, 11) is 5.09. The van der Waals surface area contributed by atoms with Gasteiger partial charge in [0, 0.05) is 38.6 Å². The molecule has 0 aliphatic rings. The highest BCUT2D eigenvalue weighted by Gasteiger charge is 2.14. The molecule has 0 saturated carbocycles. The highest BCUT2D eigenvalue weighted by Crippen LogP contribution is 2.21. The van der Waals surface area contributed by atoms with Crippen LogP contribution in [-0.2, 0) is 4.74 Å². The molecular weight excluding hydrogens is 230 g/mol. The van der Waals surface area contributed by atoms with Crippen molar-refractivity contribution in [2.45, 2.75) is 13.0 Å². The first-order valence-electron chi connectivity index (χ1n) is 5.82. The summed E-state index contributed by atoms with van der Waals surface area (Å²) in [4.78, 5) is 13.6. The molecule has 1 atom stereocenters. The van der Waals surface area contributed by atoms with Crippen molar-refractivity contribution in [3.63, 3.8) is 0 Å². The first-order chi connectivity index (χ1) is 8.45. The van der Waals surface area contributed by atoms with E-state index in [1.165, 1.54) is 4.90 Å². The van der Waals surface area contributed by atoms with Crippen molar-refractivity contribution in [1.29, 1.82) is 0 Å². The molecule has 0 saturated heterocycles. The summed E-state index contributed by atoms with van der Waals surface area (Å²) in [6.45, 7) is 2.54. The van der Waals surface area contributed by atoms with Gasteiger partial charge in [-0.05, 0) is 25.1 Å². The molecule has 1 amide bonds. The van der Waals surface area contributed by atoms with Crippen molar-refractivity contribution >= 4 is 17.3 Å². The van der Waals surface area contributed by atoms with Gasteiger partial charge in [0.1, 0.15) is 0 Å². The van der Waals surface area contributed by atoms with Crippen molar-refractivity contribution < 1.29 is 9.53 Å². The maximum atomic E-state index is 12.0. The third-order valence-electron chi connectivity index (χ3n) is 2.50. The summed E-state index contributed by atoms with van der Waals surface area (Å²) in [6.07, 6.45) is 0. The first kappa shape index (κ1) is 14.3. The van der Waals surface area contributed by atoms with E-state index in [2.05, 4.69) is 5.32 Å². The average Bonchev–Trinajstić information content (AvgIpc) is 2.28. The quantitative estimate of drug-likeness (QED) is 0.777. The molecule has 0 aromatic heterocycles. The zero-order chi connectivity index (χ0) is 13.7. The summed E-state index contributed by atoms with van der Waals surface area (Å²) in [6, 6.07) is 5.33. The molecule has 100 valence electrons.